The van der Waals surface area contributed by atoms with Crippen molar-refractivity contribution in [3.8, 4) is 34.1 Å². The normalized spacial score (nSPS) is 12.3. The number of halogens is 2. The Morgan fingerprint density at radius 3 is 1.00 bits per heavy atom. The fourth-order valence-electron chi connectivity index (χ4n) is 7.93. The average molecular weight is 913 g/mol. The summed E-state index contributed by atoms with van der Waals surface area (Å²) in [5, 5.41) is 0. The van der Waals surface area contributed by atoms with Gasteiger partial charge in [0.2, 0.25) is 0 Å². The third kappa shape index (κ3) is 10.4. The second-order valence-electron chi connectivity index (χ2n) is 14.9. The minimum atomic E-state index is -0.541. The van der Waals surface area contributed by atoms with Gasteiger partial charge in [0, 0.05) is 8.95 Å². The maximum Gasteiger partial charge on any atom is 0.119 e. The first-order valence-electron chi connectivity index (χ1n) is 20.8. The fraction of sp³-hybridized carbons (Fsp3) is 0.245. The second-order valence-corrected chi connectivity index (χ2v) is 16.8. The van der Waals surface area contributed by atoms with E-state index in [-0.39, 0.29) is 0 Å². The van der Waals surface area contributed by atoms with Crippen molar-refractivity contribution < 1.29 is 18.9 Å². The predicted molar refractivity (Wildman–Crippen MR) is 251 cm³/mol. The molecule has 0 bridgehead atoms. The monoisotopic (exact) mass is 910 g/mol. The maximum atomic E-state index is 6.27. The lowest BCUT2D eigenvalue weighted by molar-refractivity contribution is 0.287. The Labute approximate surface area is 367 Å². The van der Waals surface area contributed by atoms with Crippen molar-refractivity contribution in [3.63, 3.8) is 0 Å². The zero-order valence-electron chi connectivity index (χ0n) is 33.6. The number of rotatable bonds is 22. The molecule has 0 heterocycles. The van der Waals surface area contributed by atoms with Gasteiger partial charge in [0.25, 0.3) is 0 Å². The highest BCUT2D eigenvalue weighted by atomic mass is 79.9. The van der Waals surface area contributed by atoms with Crippen LogP contribution in [0.1, 0.15) is 84.7 Å². The Morgan fingerprint density at radius 2 is 0.695 bits per heavy atom. The molecule has 0 radical (unpaired) electrons. The van der Waals surface area contributed by atoms with Crippen molar-refractivity contribution >= 4 is 44.0 Å². The van der Waals surface area contributed by atoms with Crippen molar-refractivity contribution in [2.75, 3.05) is 26.4 Å². The number of hydrogen-bond acceptors (Lipinski definition) is 4. The van der Waals surface area contributed by atoms with Crippen LogP contribution in [0, 0.1) is 0 Å². The van der Waals surface area contributed by atoms with Gasteiger partial charge in [-0.1, -0.05) is 118 Å². The molecule has 1 aliphatic carbocycles. The van der Waals surface area contributed by atoms with E-state index in [4.69, 9.17) is 18.9 Å². The maximum absolute atomic E-state index is 6.27. The van der Waals surface area contributed by atoms with Gasteiger partial charge in [0.15, 0.2) is 0 Å². The van der Waals surface area contributed by atoms with E-state index in [1.165, 1.54) is 33.4 Å². The predicted octanol–water partition coefficient (Wildman–Crippen LogP) is 14.9. The van der Waals surface area contributed by atoms with Gasteiger partial charge in [0.1, 0.15) is 23.0 Å². The van der Waals surface area contributed by atoms with E-state index < -0.39 is 5.41 Å². The minimum absolute atomic E-state index is 0.541. The quantitative estimate of drug-likeness (QED) is 0.0635. The van der Waals surface area contributed by atoms with Crippen LogP contribution < -0.4 is 18.9 Å². The zero-order valence-corrected chi connectivity index (χ0v) is 36.8. The summed E-state index contributed by atoms with van der Waals surface area (Å²) in [6.07, 6.45) is 12.1. The topological polar surface area (TPSA) is 36.9 Å². The van der Waals surface area contributed by atoms with Crippen LogP contribution in [0.15, 0.2) is 156 Å². The lowest BCUT2D eigenvalue weighted by Gasteiger charge is -2.34. The Kier molecular flexibility index (Phi) is 14.8. The molecule has 0 N–H and O–H groups in total. The van der Waals surface area contributed by atoms with Crippen LogP contribution in [-0.4, -0.2) is 26.4 Å². The summed E-state index contributed by atoms with van der Waals surface area (Å²) in [5.41, 5.74) is 9.00. The molecule has 0 fully saturated rings. The molecule has 0 saturated carbocycles. The molecule has 0 aromatic heterocycles. The molecule has 0 unspecified atom stereocenters. The molecule has 6 aromatic rings. The SMILES string of the molecule is C=Cc1ccc(OCCCCCCOc2ccc(C3(c4ccc(OCCCCCCOc5ccc(C=C)cc5)cc4)c4cc(Br)ccc4-c4ccc(Br)cc43)cc2)cc1. The van der Waals surface area contributed by atoms with Crippen LogP contribution >= 0.6 is 31.9 Å². The van der Waals surface area contributed by atoms with Crippen LogP contribution in [0.4, 0.5) is 0 Å². The molecule has 0 atom stereocenters. The molecule has 4 nitrogen and oxygen atoms in total. The molecule has 59 heavy (non-hydrogen) atoms. The van der Waals surface area contributed by atoms with Crippen LogP contribution in [0.25, 0.3) is 23.3 Å². The first kappa shape index (κ1) is 42.1. The third-order valence-corrected chi connectivity index (χ3v) is 12.0. The molecule has 0 aliphatic heterocycles. The largest absolute Gasteiger partial charge is 0.494 e. The second kappa shape index (κ2) is 20.8. The van der Waals surface area contributed by atoms with Crippen LogP contribution in [0.3, 0.4) is 0 Å². The molecule has 1 aliphatic rings. The van der Waals surface area contributed by atoms with Crippen LogP contribution in [0.5, 0.6) is 23.0 Å². The Hall–Kier alpha value is -5.04. The standard InChI is InChI=1S/C53H52Br2O4/c1-3-39-13-23-45(24-14-39)56-33-9-5-7-11-35-58-47-27-17-41(18-28-47)53(51-37-43(54)21-31-49(51)50-32-22-44(55)38-52(50)53)42-19-29-48(30-20-42)59-36-12-8-6-10-34-57-46-25-15-40(4-2)16-26-46/h3-4,13-32,37-38H,1-2,5-12,33-36H2. The highest BCUT2D eigenvalue weighted by molar-refractivity contribution is 9.10. The van der Waals surface area contributed by atoms with Crippen molar-refractivity contribution in [2.24, 2.45) is 0 Å². The molecular weight excluding hydrogens is 860 g/mol. The number of benzene rings is 6. The van der Waals surface area contributed by atoms with Crippen molar-refractivity contribution in [1.29, 1.82) is 0 Å². The summed E-state index contributed by atoms with van der Waals surface area (Å²) in [7, 11) is 0. The van der Waals surface area contributed by atoms with Gasteiger partial charge in [-0.2, -0.15) is 0 Å². The van der Waals surface area contributed by atoms with E-state index in [1.54, 1.807) is 0 Å². The molecule has 7 rings (SSSR count). The molecule has 302 valence electrons. The van der Waals surface area contributed by atoms with Gasteiger partial charge in [-0.05, 0) is 169 Å². The first-order valence-corrected chi connectivity index (χ1v) is 22.3. The molecule has 6 heteroatoms. The molecule has 0 saturated heterocycles. The molecule has 6 aromatic carbocycles. The van der Waals surface area contributed by atoms with Gasteiger partial charge in [0.05, 0.1) is 31.8 Å². The highest BCUT2D eigenvalue weighted by Crippen LogP contribution is 2.57. The lowest BCUT2D eigenvalue weighted by atomic mass is 9.67. The number of ether oxygens (including phenoxy) is 4. The summed E-state index contributed by atoms with van der Waals surface area (Å²) < 4.78 is 26.5. The van der Waals surface area contributed by atoms with Gasteiger partial charge in [-0.25, -0.2) is 0 Å². The Bertz CT molecular complexity index is 2120. The van der Waals surface area contributed by atoms with E-state index in [9.17, 15) is 0 Å². The Balaban J connectivity index is 0.968. The van der Waals surface area contributed by atoms with Crippen LogP contribution in [-0.2, 0) is 5.41 Å². The van der Waals surface area contributed by atoms with E-state index in [0.29, 0.717) is 13.2 Å². The molecule has 0 spiro atoms. The highest BCUT2D eigenvalue weighted by Gasteiger charge is 2.46. The van der Waals surface area contributed by atoms with Crippen LogP contribution in [0.2, 0.25) is 0 Å². The number of unbranched alkanes of at least 4 members (excludes halogenated alkanes) is 6. The van der Waals surface area contributed by atoms with Gasteiger partial charge in [-0.15, -0.1) is 0 Å². The van der Waals surface area contributed by atoms with E-state index in [0.717, 1.165) is 108 Å². The van der Waals surface area contributed by atoms with Crippen molar-refractivity contribution in [2.45, 2.75) is 56.8 Å². The molecule has 0 amide bonds. The summed E-state index contributed by atoms with van der Waals surface area (Å²) >= 11 is 7.63. The fourth-order valence-corrected chi connectivity index (χ4v) is 8.66. The summed E-state index contributed by atoms with van der Waals surface area (Å²) in [6, 6.07) is 46.9. The number of hydrogen-bond donors (Lipinski definition) is 0. The van der Waals surface area contributed by atoms with Crippen molar-refractivity contribution in [1.82, 2.24) is 0 Å². The first-order chi connectivity index (χ1) is 29.0. The molecular formula is C53H52Br2O4. The van der Waals surface area contributed by atoms with Gasteiger partial charge < -0.3 is 18.9 Å². The third-order valence-electron chi connectivity index (χ3n) is 11.0. The van der Waals surface area contributed by atoms with E-state index in [1.807, 2.05) is 60.7 Å². The van der Waals surface area contributed by atoms with Crippen molar-refractivity contribution in [3.05, 3.63) is 189 Å². The van der Waals surface area contributed by atoms with Gasteiger partial charge >= 0.3 is 0 Å². The minimum Gasteiger partial charge on any atom is -0.494 e. The smallest absolute Gasteiger partial charge is 0.119 e. The summed E-state index contributed by atoms with van der Waals surface area (Å²) in [4.78, 5) is 0. The van der Waals surface area contributed by atoms with Gasteiger partial charge in [-0.3, -0.25) is 0 Å². The number of fused-ring (bicyclic) bond motifs is 3. The summed E-state index contributed by atoms with van der Waals surface area (Å²) in [6.45, 7) is 10.4. The Morgan fingerprint density at radius 1 is 0.390 bits per heavy atom. The average Bonchev–Trinajstić information content (AvgIpc) is 3.55. The lowest BCUT2D eigenvalue weighted by Crippen LogP contribution is -2.28. The van der Waals surface area contributed by atoms with E-state index >= 15 is 0 Å². The zero-order chi connectivity index (χ0) is 40.9. The van der Waals surface area contributed by atoms with E-state index in [2.05, 4.69) is 130 Å². The summed E-state index contributed by atoms with van der Waals surface area (Å²) in [5.74, 6) is 3.57.